The summed E-state index contributed by atoms with van der Waals surface area (Å²) in [5.41, 5.74) is 2.84. The zero-order valence-electron chi connectivity index (χ0n) is 16.5. The van der Waals surface area contributed by atoms with Crippen molar-refractivity contribution in [3.63, 3.8) is 0 Å². The van der Waals surface area contributed by atoms with E-state index in [-0.39, 0.29) is 11.9 Å². The van der Waals surface area contributed by atoms with Gasteiger partial charge >= 0.3 is 5.97 Å². The summed E-state index contributed by atoms with van der Waals surface area (Å²) >= 11 is 0. The van der Waals surface area contributed by atoms with Crippen molar-refractivity contribution in [1.82, 2.24) is 14.8 Å². The molecular formula is C22H27N3O3. The molecule has 0 aliphatic carbocycles. The number of aryl methyl sites for hydroxylation is 1. The van der Waals surface area contributed by atoms with Crippen molar-refractivity contribution >= 4 is 11.9 Å². The fraction of sp³-hybridized carbons (Fsp3) is 0.364. The molecule has 28 heavy (non-hydrogen) atoms. The van der Waals surface area contributed by atoms with Crippen molar-refractivity contribution in [3.05, 3.63) is 60.4 Å². The van der Waals surface area contributed by atoms with Crippen LogP contribution in [0, 0.1) is 5.92 Å². The van der Waals surface area contributed by atoms with Crippen LogP contribution in [-0.4, -0.2) is 54.6 Å². The number of amides is 1. The van der Waals surface area contributed by atoms with Gasteiger partial charge in [0, 0.05) is 44.0 Å². The summed E-state index contributed by atoms with van der Waals surface area (Å²) in [6.07, 6.45) is 4.87. The zero-order valence-corrected chi connectivity index (χ0v) is 16.5. The van der Waals surface area contributed by atoms with Gasteiger partial charge in [-0.15, -0.1) is 6.58 Å². The topological polar surface area (TPSA) is 63.6 Å². The van der Waals surface area contributed by atoms with Gasteiger partial charge in [0.25, 0.3) is 5.91 Å². The van der Waals surface area contributed by atoms with Crippen LogP contribution in [0.5, 0.6) is 0 Å². The summed E-state index contributed by atoms with van der Waals surface area (Å²) in [6, 6.07) is 9.22. The Hall–Kier alpha value is -2.86. The number of ether oxygens (including phenoxy) is 1. The maximum absolute atomic E-state index is 12.6. The van der Waals surface area contributed by atoms with Gasteiger partial charge in [0.1, 0.15) is 5.69 Å². The molecule has 1 unspecified atom stereocenters. The van der Waals surface area contributed by atoms with Crippen molar-refractivity contribution in [3.8, 4) is 11.1 Å². The Morgan fingerprint density at radius 1 is 1.32 bits per heavy atom. The molecule has 1 aliphatic rings. The van der Waals surface area contributed by atoms with Crippen molar-refractivity contribution in [2.75, 3.05) is 33.3 Å². The monoisotopic (exact) mass is 381 g/mol. The highest BCUT2D eigenvalue weighted by Crippen LogP contribution is 2.23. The van der Waals surface area contributed by atoms with Crippen molar-refractivity contribution in [2.24, 2.45) is 13.0 Å². The molecule has 3 rings (SSSR count). The number of hydrogen-bond acceptors (Lipinski definition) is 4. The predicted molar refractivity (Wildman–Crippen MR) is 109 cm³/mol. The number of likely N-dealkylation sites (tertiary alicyclic amines) is 1. The molecule has 6 nitrogen and oxygen atoms in total. The highest BCUT2D eigenvalue weighted by Gasteiger charge is 2.22. The molecule has 1 aliphatic heterocycles. The maximum atomic E-state index is 12.6. The second-order valence-corrected chi connectivity index (χ2v) is 7.21. The minimum atomic E-state index is -0.385. The van der Waals surface area contributed by atoms with Crippen molar-refractivity contribution in [2.45, 2.75) is 6.42 Å². The lowest BCUT2D eigenvalue weighted by Gasteiger charge is -2.14. The van der Waals surface area contributed by atoms with Crippen LogP contribution in [0.3, 0.4) is 0 Å². The van der Waals surface area contributed by atoms with E-state index in [1.807, 2.05) is 36.5 Å². The van der Waals surface area contributed by atoms with Crippen LogP contribution in [0.2, 0.25) is 0 Å². The molecule has 148 valence electrons. The molecule has 0 saturated carbocycles. The van der Waals surface area contributed by atoms with Crippen LogP contribution >= 0.6 is 0 Å². The normalized spacial score (nSPS) is 16.7. The quantitative estimate of drug-likeness (QED) is 0.592. The first-order chi connectivity index (χ1) is 13.5. The minimum Gasteiger partial charge on any atom is -0.464 e. The molecular weight excluding hydrogens is 354 g/mol. The summed E-state index contributed by atoms with van der Waals surface area (Å²) < 4.78 is 6.52. The van der Waals surface area contributed by atoms with E-state index < -0.39 is 0 Å². The van der Waals surface area contributed by atoms with Gasteiger partial charge < -0.3 is 14.6 Å². The fourth-order valence-corrected chi connectivity index (χ4v) is 3.64. The Balaban J connectivity index is 1.65. The lowest BCUT2D eigenvalue weighted by atomic mass is 10.0. The van der Waals surface area contributed by atoms with Crippen LogP contribution in [-0.2, 0) is 11.8 Å². The molecule has 0 spiro atoms. The van der Waals surface area contributed by atoms with Gasteiger partial charge in [-0.05, 0) is 42.6 Å². The van der Waals surface area contributed by atoms with Crippen LogP contribution in [0.4, 0.5) is 0 Å². The number of methoxy groups -OCH3 is 1. The lowest BCUT2D eigenvalue weighted by Crippen LogP contribution is -2.31. The average molecular weight is 381 g/mol. The highest BCUT2D eigenvalue weighted by atomic mass is 16.5. The van der Waals surface area contributed by atoms with Gasteiger partial charge in [0.2, 0.25) is 0 Å². The van der Waals surface area contributed by atoms with Crippen LogP contribution in [0.1, 0.15) is 27.3 Å². The first kappa shape index (κ1) is 19.9. The van der Waals surface area contributed by atoms with Crippen LogP contribution < -0.4 is 5.32 Å². The number of carbonyl (C=O) groups excluding carboxylic acids is 2. The molecule has 1 atom stereocenters. The molecule has 1 amide bonds. The van der Waals surface area contributed by atoms with E-state index in [2.05, 4.69) is 16.8 Å². The van der Waals surface area contributed by atoms with E-state index in [0.29, 0.717) is 23.7 Å². The van der Waals surface area contributed by atoms with Crippen molar-refractivity contribution < 1.29 is 14.3 Å². The van der Waals surface area contributed by atoms with Gasteiger partial charge in [-0.2, -0.15) is 0 Å². The van der Waals surface area contributed by atoms with E-state index >= 15 is 0 Å². The standard InChI is InChI=1S/C22H27N3O3/c1-4-9-25-10-8-16(14-25)13-23-21(26)18-7-5-6-17(11-18)19-12-20(22(27)28-3)24(2)15-19/h4-7,11-12,15-16H,1,8-10,13-14H2,2-3H3,(H,23,26). The van der Waals surface area contributed by atoms with Gasteiger partial charge in [0.15, 0.2) is 0 Å². The number of nitrogens with zero attached hydrogens (tertiary/aromatic N) is 2. The number of aromatic nitrogens is 1. The van der Waals surface area contributed by atoms with Gasteiger partial charge in [-0.1, -0.05) is 18.2 Å². The molecule has 0 radical (unpaired) electrons. The fourth-order valence-electron chi connectivity index (χ4n) is 3.64. The number of benzene rings is 1. The molecule has 1 aromatic carbocycles. The Morgan fingerprint density at radius 2 is 2.14 bits per heavy atom. The molecule has 0 bridgehead atoms. The number of esters is 1. The second-order valence-electron chi connectivity index (χ2n) is 7.21. The third-order valence-corrected chi connectivity index (χ3v) is 5.17. The highest BCUT2D eigenvalue weighted by molar-refractivity contribution is 5.96. The molecule has 2 heterocycles. The number of hydrogen-bond donors (Lipinski definition) is 1. The zero-order chi connectivity index (χ0) is 20.1. The third-order valence-electron chi connectivity index (χ3n) is 5.17. The minimum absolute atomic E-state index is 0.0758. The number of carbonyl (C=O) groups is 2. The molecule has 1 aromatic heterocycles. The number of rotatable bonds is 7. The first-order valence-corrected chi connectivity index (χ1v) is 9.48. The Morgan fingerprint density at radius 3 is 2.89 bits per heavy atom. The smallest absolute Gasteiger partial charge is 0.354 e. The Kier molecular flexibility index (Phi) is 6.31. The summed E-state index contributed by atoms with van der Waals surface area (Å²) in [4.78, 5) is 26.8. The Labute approximate surface area is 165 Å². The largest absolute Gasteiger partial charge is 0.464 e. The average Bonchev–Trinajstić information content (AvgIpc) is 3.32. The third kappa shape index (κ3) is 4.51. The maximum Gasteiger partial charge on any atom is 0.354 e. The van der Waals surface area contributed by atoms with Gasteiger partial charge in [-0.25, -0.2) is 4.79 Å². The summed E-state index contributed by atoms with van der Waals surface area (Å²) in [7, 11) is 3.16. The summed E-state index contributed by atoms with van der Waals surface area (Å²) in [5, 5.41) is 3.06. The summed E-state index contributed by atoms with van der Waals surface area (Å²) in [5.74, 6) is 0.0154. The summed E-state index contributed by atoms with van der Waals surface area (Å²) in [6.45, 7) is 7.40. The molecule has 1 fully saturated rings. The van der Waals surface area contributed by atoms with Crippen LogP contribution in [0.25, 0.3) is 11.1 Å². The lowest BCUT2D eigenvalue weighted by molar-refractivity contribution is 0.0590. The Bertz CT molecular complexity index is 872. The second kappa shape index (κ2) is 8.89. The van der Waals surface area contributed by atoms with E-state index in [4.69, 9.17) is 4.74 Å². The van der Waals surface area contributed by atoms with Gasteiger partial charge in [-0.3, -0.25) is 9.69 Å². The van der Waals surface area contributed by atoms with Crippen LogP contribution in [0.15, 0.2) is 49.2 Å². The molecule has 1 saturated heterocycles. The first-order valence-electron chi connectivity index (χ1n) is 9.48. The van der Waals surface area contributed by atoms with E-state index in [9.17, 15) is 9.59 Å². The predicted octanol–water partition coefficient (Wildman–Crippen LogP) is 2.72. The number of nitrogens with one attached hydrogen (secondary N) is 1. The molecule has 1 N–H and O–H groups in total. The van der Waals surface area contributed by atoms with E-state index in [0.717, 1.165) is 37.2 Å². The molecule has 6 heteroatoms. The van der Waals surface area contributed by atoms with E-state index in [1.165, 1.54) is 7.11 Å². The van der Waals surface area contributed by atoms with Crippen molar-refractivity contribution in [1.29, 1.82) is 0 Å². The molecule has 2 aromatic rings. The van der Waals surface area contributed by atoms with Gasteiger partial charge in [0.05, 0.1) is 7.11 Å². The SMILES string of the molecule is C=CCN1CCC(CNC(=O)c2cccc(-c3cc(C(=O)OC)n(C)c3)c2)C1. The van der Waals surface area contributed by atoms with E-state index in [1.54, 1.807) is 17.7 Å².